The van der Waals surface area contributed by atoms with E-state index in [1.54, 1.807) is 23.5 Å². The number of hydrogen-bond donors (Lipinski definition) is 1. The Labute approximate surface area is 124 Å². The van der Waals surface area contributed by atoms with Crippen molar-refractivity contribution in [3.8, 4) is 6.07 Å². The van der Waals surface area contributed by atoms with Gasteiger partial charge in [-0.2, -0.15) is 5.26 Å². The number of sulfonamides is 1. The van der Waals surface area contributed by atoms with Crippen LogP contribution in [0.1, 0.15) is 4.88 Å². The molecule has 0 atom stereocenters. The Hall–Kier alpha value is -1.88. The van der Waals surface area contributed by atoms with Crippen molar-refractivity contribution in [1.29, 1.82) is 5.26 Å². The highest BCUT2D eigenvalue weighted by atomic mass is 32.2. The van der Waals surface area contributed by atoms with Gasteiger partial charge < -0.3 is 0 Å². The second kappa shape index (κ2) is 4.90. The quantitative estimate of drug-likeness (QED) is 0.801. The summed E-state index contributed by atoms with van der Waals surface area (Å²) in [5, 5.41) is 11.7. The number of nitriles is 1. The van der Waals surface area contributed by atoms with E-state index in [2.05, 4.69) is 4.72 Å². The molecule has 0 radical (unpaired) electrons. The first-order valence-electron chi connectivity index (χ1n) is 5.58. The monoisotopic (exact) mass is 320 g/mol. The fourth-order valence-electron chi connectivity index (χ4n) is 1.76. The van der Waals surface area contributed by atoms with Crippen molar-refractivity contribution in [1.82, 2.24) is 0 Å². The fourth-order valence-corrected chi connectivity index (χ4v) is 4.68. The van der Waals surface area contributed by atoms with E-state index in [0.717, 1.165) is 21.4 Å². The summed E-state index contributed by atoms with van der Waals surface area (Å²) in [6.07, 6.45) is 0. The van der Waals surface area contributed by atoms with Crippen molar-refractivity contribution in [2.75, 3.05) is 4.72 Å². The summed E-state index contributed by atoms with van der Waals surface area (Å²) in [7, 11) is -3.63. The first kappa shape index (κ1) is 13.1. The average Bonchev–Trinajstić information content (AvgIpc) is 3.06. The zero-order valence-electron chi connectivity index (χ0n) is 10.0. The SMILES string of the molecule is N#Cc1ccc(S(=O)(=O)Nc2ccc3sccc3c2)s1. The second-order valence-electron chi connectivity index (χ2n) is 4.01. The van der Waals surface area contributed by atoms with Crippen molar-refractivity contribution in [3.63, 3.8) is 0 Å². The summed E-state index contributed by atoms with van der Waals surface area (Å²) in [4.78, 5) is 0.374. The maximum atomic E-state index is 12.2. The molecule has 0 aliphatic carbocycles. The van der Waals surface area contributed by atoms with Crippen molar-refractivity contribution < 1.29 is 8.42 Å². The summed E-state index contributed by atoms with van der Waals surface area (Å²) in [5.41, 5.74) is 0.516. The molecule has 0 aliphatic heterocycles. The van der Waals surface area contributed by atoms with Gasteiger partial charge in [0.05, 0.1) is 0 Å². The topological polar surface area (TPSA) is 70.0 Å². The molecule has 3 rings (SSSR count). The van der Waals surface area contributed by atoms with Crippen molar-refractivity contribution >= 4 is 48.5 Å². The average molecular weight is 320 g/mol. The highest BCUT2D eigenvalue weighted by molar-refractivity contribution is 7.94. The largest absolute Gasteiger partial charge is 0.279 e. The molecule has 0 bridgehead atoms. The van der Waals surface area contributed by atoms with E-state index in [1.165, 1.54) is 12.1 Å². The Balaban J connectivity index is 1.94. The summed E-state index contributed by atoms with van der Waals surface area (Å²) in [5.74, 6) is 0. The fraction of sp³-hybridized carbons (Fsp3) is 0. The van der Waals surface area contributed by atoms with Crippen LogP contribution in [0.3, 0.4) is 0 Å². The van der Waals surface area contributed by atoms with Gasteiger partial charge >= 0.3 is 0 Å². The molecule has 20 heavy (non-hydrogen) atoms. The van der Waals surface area contributed by atoms with Gasteiger partial charge in [0.2, 0.25) is 0 Å². The normalized spacial score (nSPS) is 11.3. The molecule has 2 aromatic heterocycles. The van der Waals surface area contributed by atoms with Gasteiger partial charge in [0, 0.05) is 10.4 Å². The van der Waals surface area contributed by atoms with E-state index < -0.39 is 10.0 Å². The van der Waals surface area contributed by atoms with Crippen LogP contribution in [0.15, 0.2) is 46.0 Å². The van der Waals surface area contributed by atoms with Gasteiger partial charge in [-0.25, -0.2) is 8.42 Å². The third kappa shape index (κ3) is 2.41. The molecule has 0 aliphatic rings. The molecule has 2 heterocycles. The lowest BCUT2D eigenvalue weighted by molar-refractivity contribution is 0.603. The molecule has 0 saturated heterocycles. The number of benzene rings is 1. The van der Waals surface area contributed by atoms with Gasteiger partial charge in [-0.15, -0.1) is 22.7 Å². The lowest BCUT2D eigenvalue weighted by Crippen LogP contribution is -2.11. The summed E-state index contributed by atoms with van der Waals surface area (Å²) in [6, 6.07) is 12.2. The first-order chi connectivity index (χ1) is 9.58. The van der Waals surface area contributed by atoms with E-state index in [0.29, 0.717) is 10.6 Å². The van der Waals surface area contributed by atoms with Crippen LogP contribution in [-0.4, -0.2) is 8.42 Å². The van der Waals surface area contributed by atoms with Crippen LogP contribution in [0, 0.1) is 11.3 Å². The first-order valence-corrected chi connectivity index (χ1v) is 8.76. The van der Waals surface area contributed by atoms with E-state index >= 15 is 0 Å². The standard InChI is InChI=1S/C13H8N2O2S3/c14-8-11-2-4-13(19-11)20(16,17)15-10-1-3-12-9(7-10)5-6-18-12/h1-7,15H. The minimum atomic E-state index is -3.63. The molecule has 0 fully saturated rings. The number of rotatable bonds is 3. The molecule has 0 spiro atoms. The van der Waals surface area contributed by atoms with Crippen LogP contribution in [0.25, 0.3) is 10.1 Å². The molecule has 0 amide bonds. The molecule has 1 N–H and O–H groups in total. The molecule has 0 unspecified atom stereocenters. The van der Waals surface area contributed by atoms with Crippen molar-refractivity contribution in [2.45, 2.75) is 4.21 Å². The van der Waals surface area contributed by atoms with E-state index in [1.807, 2.05) is 23.6 Å². The molecule has 1 aromatic carbocycles. The predicted octanol–water partition coefficient (Wildman–Crippen LogP) is 3.64. The maximum absolute atomic E-state index is 12.2. The van der Waals surface area contributed by atoms with Crippen LogP contribution in [-0.2, 0) is 10.0 Å². The number of hydrogen-bond acceptors (Lipinski definition) is 5. The van der Waals surface area contributed by atoms with E-state index in [-0.39, 0.29) is 4.21 Å². The molecule has 7 heteroatoms. The van der Waals surface area contributed by atoms with Crippen LogP contribution in [0.2, 0.25) is 0 Å². The molecule has 4 nitrogen and oxygen atoms in total. The molecule has 0 saturated carbocycles. The Kier molecular flexibility index (Phi) is 3.22. The summed E-state index contributed by atoms with van der Waals surface area (Å²) in [6.45, 7) is 0. The lowest BCUT2D eigenvalue weighted by atomic mass is 10.2. The Morgan fingerprint density at radius 2 is 2.00 bits per heavy atom. The maximum Gasteiger partial charge on any atom is 0.271 e. The Morgan fingerprint density at radius 3 is 2.75 bits per heavy atom. The van der Waals surface area contributed by atoms with Gasteiger partial charge in [-0.3, -0.25) is 4.72 Å². The van der Waals surface area contributed by atoms with Gasteiger partial charge in [-0.05, 0) is 47.2 Å². The highest BCUT2D eigenvalue weighted by Crippen LogP contribution is 2.27. The van der Waals surface area contributed by atoms with Crippen LogP contribution >= 0.6 is 22.7 Å². The smallest absolute Gasteiger partial charge is 0.271 e. The van der Waals surface area contributed by atoms with Crippen LogP contribution in [0.5, 0.6) is 0 Å². The van der Waals surface area contributed by atoms with Gasteiger partial charge in [-0.1, -0.05) is 0 Å². The number of fused-ring (bicyclic) bond motifs is 1. The molecule has 3 aromatic rings. The zero-order valence-corrected chi connectivity index (χ0v) is 12.5. The summed E-state index contributed by atoms with van der Waals surface area (Å²) >= 11 is 2.56. The highest BCUT2D eigenvalue weighted by Gasteiger charge is 2.17. The zero-order chi connectivity index (χ0) is 14.2. The van der Waals surface area contributed by atoms with Crippen LogP contribution < -0.4 is 4.72 Å². The third-order valence-corrected chi connectivity index (χ3v) is 6.42. The minimum absolute atomic E-state index is 0.138. The molecule has 100 valence electrons. The third-order valence-electron chi connectivity index (χ3n) is 2.66. The molecular formula is C13H8N2O2S3. The predicted molar refractivity (Wildman–Crippen MR) is 81.7 cm³/mol. The molecular weight excluding hydrogens is 312 g/mol. The van der Waals surface area contributed by atoms with Crippen molar-refractivity contribution in [3.05, 3.63) is 46.7 Å². The van der Waals surface area contributed by atoms with E-state index in [4.69, 9.17) is 5.26 Å². The minimum Gasteiger partial charge on any atom is -0.279 e. The summed E-state index contributed by atoms with van der Waals surface area (Å²) < 4.78 is 28.2. The number of nitrogens with one attached hydrogen (secondary N) is 1. The lowest BCUT2D eigenvalue weighted by Gasteiger charge is -2.06. The van der Waals surface area contributed by atoms with Gasteiger partial charge in [0.1, 0.15) is 15.2 Å². The number of nitrogens with zero attached hydrogens (tertiary/aromatic N) is 1. The number of thiophene rings is 2. The van der Waals surface area contributed by atoms with E-state index in [9.17, 15) is 8.42 Å². The van der Waals surface area contributed by atoms with Crippen molar-refractivity contribution in [2.24, 2.45) is 0 Å². The van der Waals surface area contributed by atoms with Crippen LogP contribution in [0.4, 0.5) is 5.69 Å². The Morgan fingerprint density at radius 1 is 1.15 bits per heavy atom. The van der Waals surface area contributed by atoms with Gasteiger partial charge in [0.15, 0.2) is 0 Å². The Bertz CT molecular complexity index is 916. The van der Waals surface area contributed by atoms with Gasteiger partial charge in [0.25, 0.3) is 10.0 Å². The second-order valence-corrected chi connectivity index (χ2v) is 7.95. The number of anilines is 1.